The van der Waals surface area contributed by atoms with Crippen molar-refractivity contribution >= 4 is 17.4 Å². The molecule has 1 fully saturated rings. The Morgan fingerprint density at radius 3 is 2.29 bits per heavy atom. The van der Waals surface area contributed by atoms with Crippen LogP contribution in [0, 0.1) is 5.82 Å². The lowest BCUT2D eigenvalue weighted by Crippen LogP contribution is -2.57. The molecule has 3 rings (SSSR count). The molecule has 0 bridgehead atoms. The summed E-state index contributed by atoms with van der Waals surface area (Å²) in [6.45, 7) is 2.27. The van der Waals surface area contributed by atoms with Crippen LogP contribution in [-0.4, -0.2) is 41.8 Å². The SMILES string of the molecule is NC(=O)C1(Nc2ccccc2)CCN(CCCC(=O)c2ccc(F)cc2)CC1. The molecular weight excluding hydrogens is 357 g/mol. The molecule has 0 spiro atoms. The maximum absolute atomic E-state index is 12.9. The zero-order chi connectivity index (χ0) is 20.0. The first kappa shape index (κ1) is 20.0. The Balaban J connectivity index is 1.48. The zero-order valence-corrected chi connectivity index (χ0v) is 15.9. The second kappa shape index (κ2) is 8.97. The lowest BCUT2D eigenvalue weighted by Gasteiger charge is -2.40. The van der Waals surface area contributed by atoms with E-state index < -0.39 is 5.54 Å². The number of rotatable bonds is 8. The lowest BCUT2D eigenvalue weighted by atomic mass is 9.86. The van der Waals surface area contributed by atoms with E-state index in [1.807, 2.05) is 30.3 Å². The maximum Gasteiger partial charge on any atom is 0.243 e. The van der Waals surface area contributed by atoms with Crippen LogP contribution in [-0.2, 0) is 4.79 Å². The van der Waals surface area contributed by atoms with Crippen molar-refractivity contribution in [2.45, 2.75) is 31.2 Å². The first-order valence-corrected chi connectivity index (χ1v) is 9.63. The van der Waals surface area contributed by atoms with E-state index >= 15 is 0 Å². The van der Waals surface area contributed by atoms with Crippen molar-refractivity contribution < 1.29 is 14.0 Å². The predicted octanol–water partition coefficient (Wildman–Crippen LogP) is 3.22. The van der Waals surface area contributed by atoms with E-state index in [9.17, 15) is 14.0 Å². The predicted molar refractivity (Wildman–Crippen MR) is 108 cm³/mol. The number of halogens is 1. The number of hydrogen-bond acceptors (Lipinski definition) is 4. The summed E-state index contributed by atoms with van der Waals surface area (Å²) >= 11 is 0. The molecule has 28 heavy (non-hydrogen) atoms. The zero-order valence-electron chi connectivity index (χ0n) is 15.9. The molecule has 2 aromatic rings. The Morgan fingerprint density at radius 2 is 1.68 bits per heavy atom. The molecule has 1 aliphatic heterocycles. The lowest BCUT2D eigenvalue weighted by molar-refractivity contribution is -0.123. The van der Waals surface area contributed by atoms with E-state index in [4.69, 9.17) is 5.73 Å². The van der Waals surface area contributed by atoms with E-state index in [2.05, 4.69) is 10.2 Å². The Bertz CT molecular complexity index is 800. The number of nitrogens with two attached hydrogens (primary N) is 1. The van der Waals surface area contributed by atoms with Gasteiger partial charge in [-0.2, -0.15) is 0 Å². The average Bonchev–Trinajstić information content (AvgIpc) is 2.70. The summed E-state index contributed by atoms with van der Waals surface area (Å²) in [4.78, 5) is 26.6. The van der Waals surface area contributed by atoms with Gasteiger partial charge in [-0.25, -0.2) is 4.39 Å². The number of ketones is 1. The molecule has 1 amide bonds. The fraction of sp³-hybridized carbons (Fsp3) is 0.364. The van der Waals surface area contributed by atoms with Gasteiger partial charge < -0.3 is 16.0 Å². The van der Waals surface area contributed by atoms with Gasteiger partial charge in [-0.3, -0.25) is 9.59 Å². The molecule has 1 saturated heterocycles. The van der Waals surface area contributed by atoms with Crippen LogP contribution in [0.15, 0.2) is 54.6 Å². The molecule has 148 valence electrons. The monoisotopic (exact) mass is 383 g/mol. The fourth-order valence-corrected chi connectivity index (χ4v) is 3.63. The number of nitrogens with zero attached hydrogens (tertiary/aromatic N) is 1. The number of benzene rings is 2. The van der Waals surface area contributed by atoms with Crippen molar-refractivity contribution in [2.75, 3.05) is 25.0 Å². The number of hydrogen-bond donors (Lipinski definition) is 2. The quantitative estimate of drug-likeness (QED) is 0.687. The molecule has 0 aromatic heterocycles. The van der Waals surface area contributed by atoms with Crippen molar-refractivity contribution in [3.05, 3.63) is 66.0 Å². The average molecular weight is 383 g/mol. The summed E-state index contributed by atoms with van der Waals surface area (Å²) in [5.74, 6) is -0.649. The van der Waals surface area contributed by atoms with Crippen LogP contribution in [0.1, 0.15) is 36.0 Å². The molecule has 0 unspecified atom stereocenters. The van der Waals surface area contributed by atoms with Gasteiger partial charge in [-0.05, 0) is 62.2 Å². The Kier molecular flexibility index (Phi) is 6.41. The number of carbonyl (C=O) groups excluding carboxylic acids is 2. The summed E-state index contributed by atoms with van der Waals surface area (Å²) in [6, 6.07) is 15.3. The molecule has 2 aromatic carbocycles. The summed E-state index contributed by atoms with van der Waals surface area (Å²) in [5, 5.41) is 3.33. The molecule has 1 aliphatic rings. The normalized spacial score (nSPS) is 16.5. The third kappa shape index (κ3) is 4.95. The Morgan fingerprint density at radius 1 is 1.04 bits per heavy atom. The van der Waals surface area contributed by atoms with Crippen LogP contribution in [0.3, 0.4) is 0 Å². The summed E-state index contributed by atoms with van der Waals surface area (Å²) in [5.41, 5.74) is 6.41. The van der Waals surface area contributed by atoms with Gasteiger partial charge in [0.2, 0.25) is 5.91 Å². The molecule has 0 atom stereocenters. The van der Waals surface area contributed by atoms with E-state index in [1.54, 1.807) is 0 Å². The Labute approximate surface area is 164 Å². The van der Waals surface area contributed by atoms with Crippen molar-refractivity contribution in [2.24, 2.45) is 5.73 Å². The number of Topliss-reactive ketones (excluding diaryl/α,β-unsaturated/α-hetero) is 1. The molecular formula is C22H26FN3O2. The van der Waals surface area contributed by atoms with Gasteiger partial charge in [0, 0.05) is 30.8 Å². The highest BCUT2D eigenvalue weighted by molar-refractivity contribution is 5.96. The van der Waals surface area contributed by atoms with Gasteiger partial charge in [-0.15, -0.1) is 0 Å². The van der Waals surface area contributed by atoms with E-state index in [0.29, 0.717) is 24.8 Å². The third-order valence-corrected chi connectivity index (χ3v) is 5.38. The van der Waals surface area contributed by atoms with Crippen LogP contribution in [0.2, 0.25) is 0 Å². The number of piperidine rings is 1. The van der Waals surface area contributed by atoms with Crippen LogP contribution in [0.4, 0.5) is 10.1 Å². The van der Waals surface area contributed by atoms with Gasteiger partial charge >= 0.3 is 0 Å². The number of anilines is 1. The molecule has 0 radical (unpaired) electrons. The minimum Gasteiger partial charge on any atom is -0.371 e. The van der Waals surface area contributed by atoms with Crippen molar-refractivity contribution in [3.63, 3.8) is 0 Å². The van der Waals surface area contributed by atoms with Crippen LogP contribution < -0.4 is 11.1 Å². The largest absolute Gasteiger partial charge is 0.371 e. The number of nitrogens with one attached hydrogen (secondary N) is 1. The highest BCUT2D eigenvalue weighted by Crippen LogP contribution is 2.27. The smallest absolute Gasteiger partial charge is 0.243 e. The number of likely N-dealkylation sites (tertiary alicyclic amines) is 1. The van der Waals surface area contributed by atoms with Gasteiger partial charge in [0.25, 0.3) is 0 Å². The highest BCUT2D eigenvalue weighted by Gasteiger charge is 2.39. The minimum absolute atomic E-state index is 0.0224. The van der Waals surface area contributed by atoms with Gasteiger partial charge in [-0.1, -0.05) is 18.2 Å². The summed E-state index contributed by atoms with van der Waals surface area (Å²) in [6.07, 6.45) is 2.41. The molecule has 0 aliphatic carbocycles. The number of amides is 1. The number of para-hydroxylation sites is 1. The Hall–Kier alpha value is -2.73. The molecule has 3 N–H and O–H groups in total. The molecule has 0 saturated carbocycles. The van der Waals surface area contributed by atoms with Crippen LogP contribution in [0.25, 0.3) is 0 Å². The standard InChI is InChI=1S/C22H26FN3O2/c23-18-10-8-17(9-11-18)20(27)7-4-14-26-15-12-22(13-16-26,21(24)28)25-19-5-2-1-3-6-19/h1-3,5-6,8-11,25H,4,7,12-16H2,(H2,24,28). The topological polar surface area (TPSA) is 75.4 Å². The third-order valence-electron chi connectivity index (χ3n) is 5.38. The molecule has 5 nitrogen and oxygen atoms in total. The van der Waals surface area contributed by atoms with Crippen molar-refractivity contribution in [1.82, 2.24) is 4.90 Å². The second-order valence-corrected chi connectivity index (χ2v) is 7.31. The fourth-order valence-electron chi connectivity index (χ4n) is 3.63. The van der Waals surface area contributed by atoms with Crippen molar-refractivity contribution in [1.29, 1.82) is 0 Å². The second-order valence-electron chi connectivity index (χ2n) is 7.31. The highest BCUT2D eigenvalue weighted by atomic mass is 19.1. The van der Waals surface area contributed by atoms with Gasteiger partial charge in [0.1, 0.15) is 11.4 Å². The molecule has 6 heteroatoms. The first-order chi connectivity index (χ1) is 13.5. The first-order valence-electron chi connectivity index (χ1n) is 9.63. The summed E-state index contributed by atoms with van der Waals surface area (Å²) in [7, 11) is 0. The van der Waals surface area contributed by atoms with Crippen LogP contribution >= 0.6 is 0 Å². The van der Waals surface area contributed by atoms with E-state index in [0.717, 1.165) is 31.7 Å². The van der Waals surface area contributed by atoms with Gasteiger partial charge in [0.15, 0.2) is 5.78 Å². The van der Waals surface area contributed by atoms with Gasteiger partial charge in [0.05, 0.1) is 0 Å². The maximum atomic E-state index is 12.9. The number of primary amides is 1. The van der Waals surface area contributed by atoms with E-state index in [1.165, 1.54) is 24.3 Å². The molecule has 1 heterocycles. The van der Waals surface area contributed by atoms with Crippen molar-refractivity contribution in [3.8, 4) is 0 Å². The summed E-state index contributed by atoms with van der Waals surface area (Å²) < 4.78 is 12.9. The number of carbonyl (C=O) groups is 2. The van der Waals surface area contributed by atoms with Crippen LogP contribution in [0.5, 0.6) is 0 Å². The minimum atomic E-state index is -0.734. The van der Waals surface area contributed by atoms with E-state index in [-0.39, 0.29) is 17.5 Å².